The number of anilines is 1. The maximum absolute atomic E-state index is 11.9. The molecular weight excluding hydrogens is 310 g/mol. The summed E-state index contributed by atoms with van der Waals surface area (Å²) in [6.07, 6.45) is -1.02. The summed E-state index contributed by atoms with van der Waals surface area (Å²) >= 11 is 6.00. The molecule has 0 aliphatic heterocycles. The van der Waals surface area contributed by atoms with Crippen molar-refractivity contribution in [3.05, 3.63) is 28.8 Å². The zero-order valence-corrected chi connectivity index (χ0v) is 13.6. The number of hydrogen-bond acceptors (Lipinski definition) is 5. The normalized spacial score (nSPS) is 10.8. The Balaban J connectivity index is 2.79. The van der Waals surface area contributed by atoms with E-state index in [1.54, 1.807) is 20.8 Å². The SMILES string of the molecule is COC(=O)CC(=O)c1ccc(NC(=O)OC(C)(C)C)cc1Cl. The minimum absolute atomic E-state index is 0.127. The van der Waals surface area contributed by atoms with Crippen molar-refractivity contribution in [3.8, 4) is 0 Å². The summed E-state index contributed by atoms with van der Waals surface area (Å²) < 4.78 is 9.53. The minimum atomic E-state index is -0.642. The Hall–Kier alpha value is -2.08. The molecule has 0 radical (unpaired) electrons. The largest absolute Gasteiger partial charge is 0.469 e. The first-order chi connectivity index (χ1) is 10.1. The number of Topliss-reactive ketones (excluding diaryl/α,β-unsaturated/α-hetero) is 1. The second-order valence-electron chi connectivity index (χ2n) is 5.50. The molecule has 120 valence electrons. The molecule has 1 aromatic rings. The molecule has 0 aliphatic rings. The highest BCUT2D eigenvalue weighted by Crippen LogP contribution is 2.23. The van der Waals surface area contributed by atoms with Gasteiger partial charge in [0, 0.05) is 11.3 Å². The van der Waals surface area contributed by atoms with E-state index in [1.807, 2.05) is 0 Å². The van der Waals surface area contributed by atoms with Crippen LogP contribution < -0.4 is 5.32 Å². The first kappa shape index (κ1) is 18.0. The highest BCUT2D eigenvalue weighted by molar-refractivity contribution is 6.34. The highest BCUT2D eigenvalue weighted by atomic mass is 35.5. The van der Waals surface area contributed by atoms with Gasteiger partial charge in [-0.25, -0.2) is 4.79 Å². The summed E-state index contributed by atoms with van der Waals surface area (Å²) in [5.74, 6) is -1.10. The van der Waals surface area contributed by atoms with Crippen molar-refractivity contribution in [2.24, 2.45) is 0 Å². The molecule has 0 unspecified atom stereocenters. The molecule has 0 aliphatic carbocycles. The van der Waals surface area contributed by atoms with Crippen LogP contribution in [-0.2, 0) is 14.3 Å². The van der Waals surface area contributed by atoms with Gasteiger partial charge in [0.05, 0.1) is 12.1 Å². The molecule has 0 fully saturated rings. The minimum Gasteiger partial charge on any atom is -0.469 e. The van der Waals surface area contributed by atoms with E-state index in [4.69, 9.17) is 16.3 Å². The third-order valence-electron chi connectivity index (χ3n) is 2.45. The lowest BCUT2D eigenvalue weighted by molar-refractivity contribution is -0.139. The summed E-state index contributed by atoms with van der Waals surface area (Å²) in [5, 5.41) is 2.64. The Morgan fingerprint density at radius 1 is 1.23 bits per heavy atom. The molecule has 7 heteroatoms. The van der Waals surface area contributed by atoms with E-state index in [0.717, 1.165) is 0 Å². The van der Waals surface area contributed by atoms with Crippen molar-refractivity contribution in [2.75, 3.05) is 12.4 Å². The van der Waals surface area contributed by atoms with Crippen LogP contribution in [0.5, 0.6) is 0 Å². The summed E-state index contributed by atoms with van der Waals surface area (Å²) in [4.78, 5) is 34.6. The summed E-state index contributed by atoms with van der Waals surface area (Å²) in [5.41, 5.74) is -0.0553. The number of carbonyl (C=O) groups excluding carboxylic acids is 3. The molecule has 0 aromatic heterocycles. The second-order valence-corrected chi connectivity index (χ2v) is 5.90. The van der Waals surface area contributed by atoms with Gasteiger partial charge in [-0.15, -0.1) is 0 Å². The van der Waals surface area contributed by atoms with Gasteiger partial charge in [0.15, 0.2) is 5.78 Å². The Morgan fingerprint density at radius 2 is 1.86 bits per heavy atom. The first-order valence-corrected chi connectivity index (χ1v) is 6.90. The van der Waals surface area contributed by atoms with Crippen LogP contribution in [-0.4, -0.2) is 30.6 Å². The lowest BCUT2D eigenvalue weighted by Gasteiger charge is -2.19. The van der Waals surface area contributed by atoms with Crippen LogP contribution in [0.3, 0.4) is 0 Å². The number of ketones is 1. The number of nitrogens with one attached hydrogen (secondary N) is 1. The Bertz CT molecular complexity index is 592. The predicted molar refractivity (Wildman–Crippen MR) is 82.3 cm³/mol. The van der Waals surface area contributed by atoms with E-state index < -0.39 is 29.9 Å². The standard InChI is InChI=1S/C15H18ClNO5/c1-15(2,3)22-14(20)17-9-5-6-10(11(16)7-9)12(18)8-13(19)21-4/h5-7H,8H2,1-4H3,(H,17,20). The number of rotatable bonds is 4. The number of halogens is 1. The van der Waals surface area contributed by atoms with Gasteiger partial charge in [-0.05, 0) is 39.0 Å². The van der Waals surface area contributed by atoms with Gasteiger partial charge in [0.25, 0.3) is 0 Å². The molecule has 0 bridgehead atoms. The number of amides is 1. The molecule has 6 nitrogen and oxygen atoms in total. The second kappa shape index (κ2) is 7.26. The molecule has 1 N–H and O–H groups in total. The Labute approximate surface area is 133 Å². The van der Waals surface area contributed by atoms with Crippen molar-refractivity contribution in [2.45, 2.75) is 32.8 Å². The molecule has 0 saturated carbocycles. The summed E-state index contributed by atoms with van der Waals surface area (Å²) in [6.45, 7) is 5.23. The van der Waals surface area contributed by atoms with E-state index in [2.05, 4.69) is 10.1 Å². The highest BCUT2D eigenvalue weighted by Gasteiger charge is 2.18. The van der Waals surface area contributed by atoms with Gasteiger partial charge >= 0.3 is 12.1 Å². The van der Waals surface area contributed by atoms with Crippen molar-refractivity contribution >= 4 is 35.1 Å². The number of hydrogen-bond donors (Lipinski definition) is 1. The molecule has 1 amide bonds. The first-order valence-electron chi connectivity index (χ1n) is 6.52. The maximum Gasteiger partial charge on any atom is 0.412 e. The van der Waals surface area contributed by atoms with Crippen LogP contribution in [0.2, 0.25) is 5.02 Å². The predicted octanol–water partition coefficient (Wildman–Crippen LogP) is 3.43. The van der Waals surface area contributed by atoms with Gasteiger partial charge in [-0.1, -0.05) is 11.6 Å². The fourth-order valence-corrected chi connectivity index (χ4v) is 1.82. The smallest absolute Gasteiger partial charge is 0.412 e. The molecular formula is C15H18ClNO5. The van der Waals surface area contributed by atoms with Crippen molar-refractivity contribution < 1.29 is 23.9 Å². The van der Waals surface area contributed by atoms with Crippen LogP contribution in [0.25, 0.3) is 0 Å². The van der Waals surface area contributed by atoms with Gasteiger partial charge in [-0.3, -0.25) is 14.9 Å². The number of methoxy groups -OCH3 is 1. The van der Waals surface area contributed by atoms with Gasteiger partial charge < -0.3 is 9.47 Å². The van der Waals surface area contributed by atoms with Crippen LogP contribution >= 0.6 is 11.6 Å². The zero-order valence-electron chi connectivity index (χ0n) is 12.9. The van der Waals surface area contributed by atoms with Gasteiger partial charge in [0.1, 0.15) is 12.0 Å². The quantitative estimate of drug-likeness (QED) is 0.520. The number of carbonyl (C=O) groups is 3. The Kier molecular flexibility index (Phi) is 5.93. The van der Waals surface area contributed by atoms with E-state index in [-0.39, 0.29) is 10.6 Å². The third kappa shape index (κ3) is 5.73. The zero-order chi connectivity index (χ0) is 16.9. The van der Waals surface area contributed by atoms with Crippen LogP contribution in [0.1, 0.15) is 37.6 Å². The number of esters is 1. The van der Waals surface area contributed by atoms with Gasteiger partial charge in [-0.2, -0.15) is 0 Å². The molecule has 1 aromatic carbocycles. The molecule has 0 heterocycles. The molecule has 0 spiro atoms. The van der Waals surface area contributed by atoms with E-state index in [0.29, 0.717) is 5.69 Å². The monoisotopic (exact) mass is 327 g/mol. The summed E-state index contributed by atoms with van der Waals surface area (Å²) in [6, 6.07) is 4.34. The van der Waals surface area contributed by atoms with Crippen LogP contribution in [0, 0.1) is 0 Å². The molecule has 0 atom stereocenters. The summed E-state index contributed by atoms with van der Waals surface area (Å²) in [7, 11) is 1.20. The van der Waals surface area contributed by atoms with Gasteiger partial charge in [0.2, 0.25) is 0 Å². The average molecular weight is 328 g/mol. The lowest BCUT2D eigenvalue weighted by atomic mass is 10.1. The maximum atomic E-state index is 11.9. The molecule has 1 rings (SSSR count). The van der Waals surface area contributed by atoms with Crippen molar-refractivity contribution in [3.63, 3.8) is 0 Å². The molecule has 22 heavy (non-hydrogen) atoms. The van der Waals surface area contributed by atoms with Crippen LogP contribution in [0.4, 0.5) is 10.5 Å². The van der Waals surface area contributed by atoms with E-state index in [1.165, 1.54) is 25.3 Å². The lowest BCUT2D eigenvalue weighted by Crippen LogP contribution is -2.27. The number of ether oxygens (including phenoxy) is 2. The van der Waals surface area contributed by atoms with Crippen molar-refractivity contribution in [1.82, 2.24) is 0 Å². The van der Waals surface area contributed by atoms with Crippen molar-refractivity contribution in [1.29, 1.82) is 0 Å². The van der Waals surface area contributed by atoms with E-state index in [9.17, 15) is 14.4 Å². The van der Waals surface area contributed by atoms with E-state index >= 15 is 0 Å². The number of benzene rings is 1. The fraction of sp³-hybridized carbons (Fsp3) is 0.400. The molecule has 0 saturated heterocycles. The third-order valence-corrected chi connectivity index (χ3v) is 2.76. The fourth-order valence-electron chi connectivity index (χ4n) is 1.54. The van der Waals surface area contributed by atoms with Crippen LogP contribution in [0.15, 0.2) is 18.2 Å². The topological polar surface area (TPSA) is 81.7 Å². The average Bonchev–Trinajstić information content (AvgIpc) is 2.35. The Morgan fingerprint density at radius 3 is 2.36 bits per heavy atom.